The first-order chi connectivity index (χ1) is 13.4. The van der Waals surface area contributed by atoms with Crippen LogP contribution in [0.5, 0.6) is 0 Å². The number of carbonyl (C=O) groups is 1. The van der Waals surface area contributed by atoms with Crippen molar-refractivity contribution in [1.29, 1.82) is 0 Å². The number of nitrogens with zero attached hydrogens (tertiary/aromatic N) is 2. The maximum Gasteiger partial charge on any atom is 0.243 e. The van der Waals surface area contributed by atoms with E-state index in [0.29, 0.717) is 37.6 Å². The average molecular weight is 404 g/mol. The number of hydrogen-bond donors (Lipinski definition) is 1. The third-order valence-electron chi connectivity index (χ3n) is 5.19. The summed E-state index contributed by atoms with van der Waals surface area (Å²) in [5.41, 5.74) is 0. The van der Waals surface area contributed by atoms with E-state index in [2.05, 4.69) is 12.2 Å². The summed E-state index contributed by atoms with van der Waals surface area (Å²) in [5.74, 6) is 0.00628. The van der Waals surface area contributed by atoms with Crippen LogP contribution in [0.2, 0.25) is 0 Å². The Labute approximate surface area is 167 Å². The summed E-state index contributed by atoms with van der Waals surface area (Å²) in [6.45, 7) is 6.33. The molecule has 1 saturated heterocycles. The van der Waals surface area contributed by atoms with Crippen molar-refractivity contribution in [3.8, 4) is 0 Å². The first-order valence-electron chi connectivity index (χ1n) is 9.91. The SMILES string of the molecule is CCC[C@H](C)NC(=O)CN1CCN(S(=O)(=O)c2ccc3ccccc3c2)CC1. The number of carbonyl (C=O) groups excluding carboxylic acids is 1. The maximum absolute atomic E-state index is 13.0. The fourth-order valence-corrected chi connectivity index (χ4v) is 5.09. The van der Waals surface area contributed by atoms with Gasteiger partial charge in [-0.05, 0) is 36.2 Å². The predicted octanol–water partition coefficient (Wildman–Crippen LogP) is 2.45. The molecule has 0 saturated carbocycles. The highest BCUT2D eigenvalue weighted by Crippen LogP contribution is 2.22. The van der Waals surface area contributed by atoms with Crippen LogP contribution in [0, 0.1) is 0 Å². The molecule has 6 nitrogen and oxygen atoms in total. The maximum atomic E-state index is 13.0. The van der Waals surface area contributed by atoms with Crippen molar-refractivity contribution < 1.29 is 13.2 Å². The number of benzene rings is 2. The standard InChI is InChI=1S/C21H29N3O3S/c1-3-6-17(2)22-21(25)16-23-11-13-24(14-12-23)28(26,27)20-10-9-18-7-4-5-8-19(18)15-20/h4-5,7-10,15,17H,3,6,11-14,16H2,1-2H3,(H,22,25)/t17-/m0/s1. The number of amides is 1. The van der Waals surface area contributed by atoms with Gasteiger partial charge in [0, 0.05) is 32.2 Å². The van der Waals surface area contributed by atoms with E-state index in [9.17, 15) is 13.2 Å². The third kappa shape index (κ3) is 4.90. The van der Waals surface area contributed by atoms with Crippen molar-refractivity contribution in [2.45, 2.75) is 37.6 Å². The van der Waals surface area contributed by atoms with Gasteiger partial charge in [-0.2, -0.15) is 4.31 Å². The van der Waals surface area contributed by atoms with Crippen LogP contribution in [0.4, 0.5) is 0 Å². The Morgan fingerprint density at radius 3 is 2.43 bits per heavy atom. The van der Waals surface area contributed by atoms with Crippen LogP contribution in [0.3, 0.4) is 0 Å². The zero-order chi connectivity index (χ0) is 20.1. The second-order valence-corrected chi connectivity index (χ2v) is 9.38. The fourth-order valence-electron chi connectivity index (χ4n) is 3.63. The monoisotopic (exact) mass is 403 g/mol. The zero-order valence-electron chi connectivity index (χ0n) is 16.6. The normalized spacial score (nSPS) is 17.5. The van der Waals surface area contributed by atoms with E-state index in [1.165, 1.54) is 4.31 Å². The molecule has 28 heavy (non-hydrogen) atoms. The number of nitrogens with one attached hydrogen (secondary N) is 1. The molecule has 1 aliphatic rings. The molecule has 2 aromatic rings. The summed E-state index contributed by atoms with van der Waals surface area (Å²) in [7, 11) is -3.53. The Kier molecular flexibility index (Phi) is 6.69. The molecule has 7 heteroatoms. The van der Waals surface area contributed by atoms with Gasteiger partial charge in [-0.3, -0.25) is 9.69 Å². The molecule has 1 atom stereocenters. The summed E-state index contributed by atoms with van der Waals surface area (Å²) in [4.78, 5) is 14.5. The zero-order valence-corrected chi connectivity index (χ0v) is 17.4. The fraction of sp³-hybridized carbons (Fsp3) is 0.476. The number of hydrogen-bond acceptors (Lipinski definition) is 4. The minimum Gasteiger partial charge on any atom is -0.353 e. The summed E-state index contributed by atoms with van der Waals surface area (Å²) < 4.78 is 27.5. The van der Waals surface area contributed by atoms with Gasteiger partial charge in [0.2, 0.25) is 15.9 Å². The number of rotatable bonds is 7. The van der Waals surface area contributed by atoms with Gasteiger partial charge < -0.3 is 5.32 Å². The second kappa shape index (κ2) is 9.03. The van der Waals surface area contributed by atoms with Gasteiger partial charge in [0.15, 0.2) is 0 Å². The summed E-state index contributed by atoms with van der Waals surface area (Å²) in [6.07, 6.45) is 2.00. The van der Waals surface area contributed by atoms with E-state index in [-0.39, 0.29) is 11.9 Å². The van der Waals surface area contributed by atoms with Crippen LogP contribution in [-0.2, 0) is 14.8 Å². The van der Waals surface area contributed by atoms with Gasteiger partial charge in [0.1, 0.15) is 0 Å². The van der Waals surface area contributed by atoms with Crippen molar-refractivity contribution in [1.82, 2.24) is 14.5 Å². The molecular weight excluding hydrogens is 374 g/mol. The Bertz CT molecular complexity index is 921. The van der Waals surface area contributed by atoms with Gasteiger partial charge in [0.25, 0.3) is 0 Å². The van der Waals surface area contributed by atoms with Gasteiger partial charge in [-0.1, -0.05) is 43.7 Å². The van der Waals surface area contributed by atoms with Crippen LogP contribution in [0.15, 0.2) is 47.4 Å². The van der Waals surface area contributed by atoms with E-state index in [0.717, 1.165) is 23.6 Å². The van der Waals surface area contributed by atoms with Crippen molar-refractivity contribution in [3.05, 3.63) is 42.5 Å². The molecule has 0 unspecified atom stereocenters. The highest BCUT2D eigenvalue weighted by atomic mass is 32.2. The minimum absolute atomic E-state index is 0.00628. The van der Waals surface area contributed by atoms with Gasteiger partial charge in [-0.15, -0.1) is 0 Å². The summed E-state index contributed by atoms with van der Waals surface area (Å²) in [6, 6.07) is 13.2. The average Bonchev–Trinajstić information content (AvgIpc) is 2.68. The topological polar surface area (TPSA) is 69.7 Å². The lowest BCUT2D eigenvalue weighted by atomic mass is 10.1. The Morgan fingerprint density at radius 2 is 1.75 bits per heavy atom. The van der Waals surface area contributed by atoms with Crippen molar-refractivity contribution >= 4 is 26.7 Å². The third-order valence-corrected chi connectivity index (χ3v) is 7.08. The van der Waals surface area contributed by atoms with Gasteiger partial charge in [0.05, 0.1) is 11.4 Å². The summed E-state index contributed by atoms with van der Waals surface area (Å²) >= 11 is 0. The Balaban J connectivity index is 1.59. The molecule has 0 aliphatic carbocycles. The molecule has 152 valence electrons. The van der Waals surface area contributed by atoms with Gasteiger partial charge >= 0.3 is 0 Å². The quantitative estimate of drug-likeness (QED) is 0.771. The van der Waals surface area contributed by atoms with Crippen molar-refractivity contribution in [2.75, 3.05) is 32.7 Å². The molecule has 1 fully saturated rings. The highest BCUT2D eigenvalue weighted by molar-refractivity contribution is 7.89. The van der Waals surface area contributed by atoms with Crippen LogP contribution in [-0.4, -0.2) is 62.3 Å². The first kappa shape index (κ1) is 20.8. The molecular formula is C21H29N3O3S. The van der Waals surface area contributed by atoms with E-state index < -0.39 is 10.0 Å². The molecule has 0 bridgehead atoms. The summed E-state index contributed by atoms with van der Waals surface area (Å²) in [5, 5.41) is 4.94. The van der Waals surface area contributed by atoms with Crippen molar-refractivity contribution in [3.63, 3.8) is 0 Å². The number of piperazine rings is 1. The molecule has 2 aromatic carbocycles. The van der Waals surface area contributed by atoms with Crippen LogP contribution in [0.1, 0.15) is 26.7 Å². The number of sulfonamides is 1. The largest absolute Gasteiger partial charge is 0.353 e. The molecule has 1 heterocycles. The van der Waals surface area contributed by atoms with E-state index in [1.54, 1.807) is 12.1 Å². The lowest BCUT2D eigenvalue weighted by molar-refractivity contribution is -0.123. The number of fused-ring (bicyclic) bond motifs is 1. The van der Waals surface area contributed by atoms with E-state index >= 15 is 0 Å². The second-order valence-electron chi connectivity index (χ2n) is 7.45. The van der Waals surface area contributed by atoms with Crippen LogP contribution >= 0.6 is 0 Å². The minimum atomic E-state index is -3.53. The smallest absolute Gasteiger partial charge is 0.243 e. The van der Waals surface area contributed by atoms with E-state index in [4.69, 9.17) is 0 Å². The predicted molar refractivity (Wildman–Crippen MR) is 112 cm³/mol. The Morgan fingerprint density at radius 1 is 1.07 bits per heavy atom. The molecule has 0 aromatic heterocycles. The Hall–Kier alpha value is -1.96. The first-order valence-corrected chi connectivity index (χ1v) is 11.3. The molecule has 1 aliphatic heterocycles. The van der Waals surface area contributed by atoms with E-state index in [1.807, 2.05) is 42.2 Å². The lowest BCUT2D eigenvalue weighted by Gasteiger charge is -2.33. The molecule has 0 radical (unpaired) electrons. The van der Waals surface area contributed by atoms with Gasteiger partial charge in [-0.25, -0.2) is 8.42 Å². The van der Waals surface area contributed by atoms with Crippen LogP contribution in [0.25, 0.3) is 10.8 Å². The highest BCUT2D eigenvalue weighted by Gasteiger charge is 2.29. The molecule has 0 spiro atoms. The van der Waals surface area contributed by atoms with Crippen LogP contribution < -0.4 is 5.32 Å². The molecule has 1 N–H and O–H groups in total. The molecule has 3 rings (SSSR count). The molecule has 1 amide bonds. The lowest BCUT2D eigenvalue weighted by Crippen LogP contribution is -2.51. The van der Waals surface area contributed by atoms with Crippen molar-refractivity contribution in [2.24, 2.45) is 0 Å².